The van der Waals surface area contributed by atoms with Crippen molar-refractivity contribution < 1.29 is 19.7 Å². The van der Waals surface area contributed by atoms with Gasteiger partial charge in [-0.15, -0.1) is 0 Å². The average Bonchev–Trinajstić information content (AvgIpc) is 2.56. The first-order valence-corrected chi connectivity index (χ1v) is 8.33. The molecule has 0 aliphatic rings. The maximum absolute atomic E-state index is 11.8. The molecule has 0 aliphatic carbocycles. The van der Waals surface area contributed by atoms with Gasteiger partial charge in [0.05, 0.1) is 7.11 Å². The van der Waals surface area contributed by atoms with E-state index in [9.17, 15) is 9.90 Å². The third-order valence-electron chi connectivity index (χ3n) is 3.74. The predicted molar refractivity (Wildman–Crippen MR) is 91.9 cm³/mol. The number of methoxy groups -OCH3 is 1. The van der Waals surface area contributed by atoms with Gasteiger partial charge in [-0.05, 0) is 49.5 Å². The summed E-state index contributed by atoms with van der Waals surface area (Å²) in [6.45, 7) is 0.279. The Kier molecular flexibility index (Phi) is 9.80. The average molecular weight is 320 g/mol. The van der Waals surface area contributed by atoms with Gasteiger partial charge in [-0.3, -0.25) is 4.79 Å². The lowest BCUT2D eigenvalue weighted by Gasteiger charge is -2.05. The van der Waals surface area contributed by atoms with Crippen molar-refractivity contribution >= 4 is 5.78 Å². The molecule has 2 N–H and O–H groups in total. The monoisotopic (exact) mass is 320 g/mol. The van der Waals surface area contributed by atoms with E-state index in [1.165, 1.54) is 7.11 Å². The summed E-state index contributed by atoms with van der Waals surface area (Å²) >= 11 is 0. The summed E-state index contributed by atoms with van der Waals surface area (Å²) in [6, 6.07) is 5.16. The van der Waals surface area contributed by atoms with Crippen LogP contribution in [-0.4, -0.2) is 29.7 Å². The number of allylic oxidation sites excluding steroid dienone is 2. The minimum absolute atomic E-state index is 0.112. The van der Waals surface area contributed by atoms with Crippen molar-refractivity contribution in [2.24, 2.45) is 0 Å². The Labute approximate surface area is 138 Å². The van der Waals surface area contributed by atoms with Gasteiger partial charge in [0, 0.05) is 13.0 Å². The molecule has 1 rings (SSSR count). The minimum atomic E-state index is 0.112. The molecule has 0 atom stereocenters. The second kappa shape index (κ2) is 11.7. The number of rotatable bonds is 12. The summed E-state index contributed by atoms with van der Waals surface area (Å²) in [6.07, 6.45) is 11.0. The van der Waals surface area contributed by atoms with Crippen LogP contribution in [0.25, 0.3) is 0 Å². The minimum Gasteiger partial charge on any atom is -0.504 e. The Morgan fingerprint density at radius 3 is 2.65 bits per heavy atom. The van der Waals surface area contributed by atoms with Crippen molar-refractivity contribution in [2.75, 3.05) is 13.7 Å². The van der Waals surface area contributed by atoms with E-state index in [0.29, 0.717) is 18.6 Å². The fourth-order valence-corrected chi connectivity index (χ4v) is 2.35. The summed E-state index contributed by atoms with van der Waals surface area (Å²) in [7, 11) is 1.51. The molecule has 1 aromatic rings. The van der Waals surface area contributed by atoms with Crippen molar-refractivity contribution in [1.82, 2.24) is 0 Å². The highest BCUT2D eigenvalue weighted by molar-refractivity contribution is 5.89. The van der Waals surface area contributed by atoms with Crippen LogP contribution in [0, 0.1) is 0 Å². The van der Waals surface area contributed by atoms with Crippen molar-refractivity contribution in [3.63, 3.8) is 0 Å². The Balaban J connectivity index is 2.20. The predicted octanol–water partition coefficient (Wildman–Crippen LogP) is 3.79. The van der Waals surface area contributed by atoms with Crippen molar-refractivity contribution in [3.05, 3.63) is 35.9 Å². The molecular formula is C19H28O4. The van der Waals surface area contributed by atoms with E-state index in [4.69, 9.17) is 9.84 Å². The van der Waals surface area contributed by atoms with Crippen LogP contribution in [0.3, 0.4) is 0 Å². The Morgan fingerprint density at radius 2 is 1.91 bits per heavy atom. The van der Waals surface area contributed by atoms with Crippen LogP contribution in [0.1, 0.15) is 50.5 Å². The van der Waals surface area contributed by atoms with Crippen molar-refractivity contribution in [2.45, 2.75) is 51.4 Å². The summed E-state index contributed by atoms with van der Waals surface area (Å²) in [5, 5.41) is 18.2. The molecule has 0 bridgehead atoms. The molecule has 0 saturated carbocycles. The number of ether oxygens (including phenoxy) is 1. The quantitative estimate of drug-likeness (QED) is 0.454. The number of aryl methyl sites for hydroxylation is 1. The van der Waals surface area contributed by atoms with E-state index >= 15 is 0 Å². The van der Waals surface area contributed by atoms with Gasteiger partial charge in [0.25, 0.3) is 0 Å². The van der Waals surface area contributed by atoms with E-state index in [0.717, 1.165) is 44.1 Å². The van der Waals surface area contributed by atoms with Crippen LogP contribution in [0.5, 0.6) is 11.5 Å². The van der Waals surface area contributed by atoms with Crippen molar-refractivity contribution in [1.29, 1.82) is 0 Å². The molecule has 1 aromatic carbocycles. The number of carbonyl (C=O) groups is 1. The zero-order valence-electron chi connectivity index (χ0n) is 14.0. The van der Waals surface area contributed by atoms with Gasteiger partial charge >= 0.3 is 0 Å². The first-order chi connectivity index (χ1) is 11.2. The smallest absolute Gasteiger partial charge is 0.160 e. The van der Waals surface area contributed by atoms with E-state index in [2.05, 4.69) is 0 Å². The summed E-state index contributed by atoms with van der Waals surface area (Å²) in [4.78, 5) is 11.8. The van der Waals surface area contributed by atoms with Crippen LogP contribution in [0.15, 0.2) is 30.4 Å². The van der Waals surface area contributed by atoms with Crippen LogP contribution < -0.4 is 4.74 Å². The molecule has 0 heterocycles. The number of unbranched alkanes of at least 4 members (excludes halogenated alkanes) is 5. The topological polar surface area (TPSA) is 66.8 Å². The van der Waals surface area contributed by atoms with E-state index in [-0.39, 0.29) is 18.1 Å². The number of aromatic hydroxyl groups is 1. The van der Waals surface area contributed by atoms with Crippen LogP contribution in [0.2, 0.25) is 0 Å². The molecule has 0 aromatic heterocycles. The number of phenols is 1. The first-order valence-electron chi connectivity index (χ1n) is 8.33. The lowest BCUT2D eigenvalue weighted by Crippen LogP contribution is -1.96. The molecule has 128 valence electrons. The lowest BCUT2D eigenvalue weighted by molar-refractivity contribution is -0.114. The number of hydrogen-bond acceptors (Lipinski definition) is 4. The highest BCUT2D eigenvalue weighted by Crippen LogP contribution is 2.26. The van der Waals surface area contributed by atoms with Gasteiger partial charge < -0.3 is 14.9 Å². The van der Waals surface area contributed by atoms with Crippen molar-refractivity contribution in [3.8, 4) is 11.5 Å². The van der Waals surface area contributed by atoms with E-state index in [1.807, 2.05) is 6.08 Å². The zero-order valence-corrected chi connectivity index (χ0v) is 14.0. The fraction of sp³-hybridized carbons (Fsp3) is 0.526. The Hall–Kier alpha value is -1.81. The molecular weight excluding hydrogens is 292 g/mol. The second-order valence-corrected chi connectivity index (χ2v) is 5.65. The normalized spacial score (nSPS) is 11.0. The Morgan fingerprint density at radius 1 is 1.17 bits per heavy atom. The molecule has 4 heteroatoms. The number of hydrogen-bond donors (Lipinski definition) is 2. The number of ketones is 1. The first kappa shape index (κ1) is 19.2. The van der Waals surface area contributed by atoms with Gasteiger partial charge in [-0.2, -0.15) is 0 Å². The second-order valence-electron chi connectivity index (χ2n) is 5.65. The van der Waals surface area contributed by atoms with Crippen LogP contribution in [0.4, 0.5) is 0 Å². The molecule has 0 aliphatic heterocycles. The van der Waals surface area contributed by atoms with E-state index in [1.54, 1.807) is 24.3 Å². The fourth-order valence-electron chi connectivity index (χ4n) is 2.35. The molecule has 0 saturated heterocycles. The van der Waals surface area contributed by atoms with Crippen LogP contribution in [-0.2, 0) is 11.2 Å². The number of aliphatic hydroxyl groups excluding tert-OH is 1. The largest absolute Gasteiger partial charge is 0.504 e. The third kappa shape index (κ3) is 8.41. The van der Waals surface area contributed by atoms with Crippen LogP contribution >= 0.6 is 0 Å². The standard InChI is InChI=1S/C19H28O4/c1-23-19-15-16(11-13-18(19)22)10-12-17(21)9-7-5-3-2-4-6-8-14-20/h7,9,11,13,15,20,22H,2-6,8,10,12,14H2,1H3/b9-7+. The third-order valence-corrected chi connectivity index (χ3v) is 3.74. The van der Waals surface area contributed by atoms with Gasteiger partial charge in [0.2, 0.25) is 0 Å². The van der Waals surface area contributed by atoms with Gasteiger partial charge in [-0.25, -0.2) is 0 Å². The molecule has 0 unspecified atom stereocenters. The molecule has 23 heavy (non-hydrogen) atoms. The van der Waals surface area contributed by atoms with Gasteiger partial charge in [0.15, 0.2) is 17.3 Å². The molecule has 0 radical (unpaired) electrons. The zero-order chi connectivity index (χ0) is 16.9. The molecule has 0 spiro atoms. The molecule has 4 nitrogen and oxygen atoms in total. The number of benzene rings is 1. The number of carbonyl (C=O) groups excluding carboxylic acids is 1. The summed E-state index contributed by atoms with van der Waals surface area (Å²) in [5.74, 6) is 0.672. The van der Waals surface area contributed by atoms with E-state index < -0.39 is 0 Å². The highest BCUT2D eigenvalue weighted by Gasteiger charge is 2.04. The maximum Gasteiger partial charge on any atom is 0.160 e. The highest BCUT2D eigenvalue weighted by atomic mass is 16.5. The number of aliphatic hydroxyl groups is 1. The molecule has 0 fully saturated rings. The molecule has 0 amide bonds. The maximum atomic E-state index is 11.8. The summed E-state index contributed by atoms with van der Waals surface area (Å²) in [5.41, 5.74) is 0.977. The van der Waals surface area contributed by atoms with Gasteiger partial charge in [0.1, 0.15) is 0 Å². The number of phenolic OH excluding ortho intramolecular Hbond substituents is 1. The summed E-state index contributed by atoms with van der Waals surface area (Å²) < 4.78 is 5.06. The lowest BCUT2D eigenvalue weighted by atomic mass is 10.1. The van der Waals surface area contributed by atoms with Gasteiger partial charge in [-0.1, -0.05) is 31.4 Å². The Bertz CT molecular complexity index is 494. The SMILES string of the molecule is COc1cc(CCC(=O)/C=C/CCCCCCCO)ccc1O.